The number of fused-ring (bicyclic) bond motifs is 2. The van der Waals surface area contributed by atoms with Crippen LogP contribution < -0.4 is 0 Å². The van der Waals surface area contributed by atoms with Gasteiger partial charge in [-0.15, -0.1) is 22.7 Å². The number of benzene rings is 2. The largest absolute Gasteiger partial charge is 0.416 e. The van der Waals surface area contributed by atoms with Crippen molar-refractivity contribution in [3.8, 4) is 22.5 Å². The maximum absolute atomic E-state index is 12.7. The Morgan fingerprint density at radius 2 is 1.05 bits per heavy atom. The lowest BCUT2D eigenvalue weighted by molar-refractivity contribution is -0.138. The molecule has 0 saturated carbocycles. The van der Waals surface area contributed by atoms with Crippen LogP contribution >= 0.6 is 46.0 Å². The van der Waals surface area contributed by atoms with E-state index >= 15 is 0 Å². The normalized spacial score (nSPS) is 12.0. The number of rotatable bonds is 3. The smallest absolute Gasteiger partial charge is 0.222 e. The SMILES string of the molecule is CSc1nc(-c2ccc(C(F)(F)F)cc2)c2cc(C)sc2n1.Cc1cc2c(-c3ccc(C(F)(F)F)cc3)nc(Cl)nc2s1. The van der Waals surface area contributed by atoms with Crippen molar-refractivity contribution in [3.05, 3.63) is 86.8 Å². The fraction of sp³-hybridized carbons (Fsp3) is 0.172. The van der Waals surface area contributed by atoms with E-state index in [-0.39, 0.29) is 5.28 Å². The molecule has 0 aliphatic heterocycles. The van der Waals surface area contributed by atoms with E-state index in [1.54, 1.807) is 11.3 Å². The molecule has 0 N–H and O–H groups in total. The highest BCUT2D eigenvalue weighted by Crippen LogP contribution is 2.37. The molecule has 4 heterocycles. The number of thioether (sulfide) groups is 1. The van der Waals surface area contributed by atoms with Crippen LogP contribution in [-0.4, -0.2) is 26.2 Å². The van der Waals surface area contributed by atoms with Gasteiger partial charge in [-0.3, -0.25) is 0 Å². The van der Waals surface area contributed by atoms with Crippen molar-refractivity contribution < 1.29 is 26.3 Å². The molecule has 0 unspecified atom stereocenters. The van der Waals surface area contributed by atoms with Crippen LogP contribution in [0.25, 0.3) is 42.9 Å². The molecule has 2 aromatic carbocycles. The molecule has 0 radical (unpaired) electrons. The highest BCUT2D eigenvalue weighted by Gasteiger charge is 2.31. The van der Waals surface area contributed by atoms with E-state index < -0.39 is 23.5 Å². The van der Waals surface area contributed by atoms with Crippen LogP contribution in [0.3, 0.4) is 0 Å². The zero-order valence-corrected chi connectivity index (χ0v) is 25.6. The van der Waals surface area contributed by atoms with Gasteiger partial charge < -0.3 is 0 Å². The summed E-state index contributed by atoms with van der Waals surface area (Å²) in [6.45, 7) is 3.90. The van der Waals surface area contributed by atoms with E-state index in [0.717, 1.165) is 54.5 Å². The van der Waals surface area contributed by atoms with Gasteiger partial charge in [-0.1, -0.05) is 36.0 Å². The molecule has 0 aliphatic carbocycles. The predicted octanol–water partition coefficient (Wildman–Crippen LogP) is 10.7. The summed E-state index contributed by atoms with van der Waals surface area (Å²) in [5.74, 6) is 0. The number of aromatic nitrogens is 4. The molecule has 0 saturated heterocycles. The third-order valence-electron chi connectivity index (χ3n) is 6.14. The second kappa shape index (κ2) is 12.0. The molecule has 43 heavy (non-hydrogen) atoms. The van der Waals surface area contributed by atoms with Crippen LogP contribution in [0.1, 0.15) is 20.9 Å². The zero-order chi connectivity index (χ0) is 31.1. The minimum absolute atomic E-state index is 0.0826. The van der Waals surface area contributed by atoms with E-state index in [1.165, 1.54) is 47.4 Å². The summed E-state index contributed by atoms with van der Waals surface area (Å²) in [7, 11) is 0. The van der Waals surface area contributed by atoms with Gasteiger partial charge in [0.2, 0.25) is 5.28 Å². The lowest BCUT2D eigenvalue weighted by Crippen LogP contribution is -2.04. The Bertz CT molecular complexity index is 1910. The van der Waals surface area contributed by atoms with E-state index in [1.807, 2.05) is 32.2 Å². The maximum atomic E-state index is 12.7. The Morgan fingerprint density at radius 1 is 0.628 bits per heavy atom. The Morgan fingerprint density at radius 3 is 1.47 bits per heavy atom. The van der Waals surface area contributed by atoms with Gasteiger partial charge in [0.1, 0.15) is 9.66 Å². The third-order valence-corrected chi connectivity index (χ3v) is 8.74. The summed E-state index contributed by atoms with van der Waals surface area (Å²) in [5, 5.41) is 2.37. The Kier molecular flexibility index (Phi) is 8.72. The van der Waals surface area contributed by atoms with Crippen LogP contribution in [0.2, 0.25) is 5.28 Å². The lowest BCUT2D eigenvalue weighted by atomic mass is 10.1. The molecular weight excluding hydrogens is 650 g/mol. The van der Waals surface area contributed by atoms with Gasteiger partial charge in [0.15, 0.2) is 5.16 Å². The first-order valence-electron chi connectivity index (χ1n) is 12.3. The zero-order valence-electron chi connectivity index (χ0n) is 22.4. The number of nitrogens with zero attached hydrogens (tertiary/aromatic N) is 4. The summed E-state index contributed by atoms with van der Waals surface area (Å²) in [4.78, 5) is 20.9. The van der Waals surface area contributed by atoms with E-state index in [4.69, 9.17) is 11.6 Å². The van der Waals surface area contributed by atoms with Gasteiger partial charge in [0.25, 0.3) is 0 Å². The van der Waals surface area contributed by atoms with Crippen molar-refractivity contribution in [2.75, 3.05) is 6.26 Å². The van der Waals surface area contributed by atoms with Gasteiger partial charge in [-0.2, -0.15) is 26.3 Å². The summed E-state index contributed by atoms with van der Waals surface area (Å²) < 4.78 is 75.8. The average Bonchev–Trinajstić information content (AvgIpc) is 3.52. The fourth-order valence-corrected chi connectivity index (χ4v) is 6.60. The van der Waals surface area contributed by atoms with E-state index in [0.29, 0.717) is 27.7 Å². The fourth-order valence-electron chi connectivity index (χ4n) is 4.20. The van der Waals surface area contributed by atoms with Gasteiger partial charge >= 0.3 is 12.4 Å². The second-order valence-electron chi connectivity index (χ2n) is 9.20. The first-order chi connectivity index (χ1) is 20.2. The topological polar surface area (TPSA) is 51.6 Å². The molecule has 0 bridgehead atoms. The minimum Gasteiger partial charge on any atom is -0.222 e. The monoisotopic (exact) mass is 668 g/mol. The molecule has 4 nitrogen and oxygen atoms in total. The van der Waals surface area contributed by atoms with E-state index in [9.17, 15) is 26.3 Å². The number of alkyl halides is 6. The average molecular weight is 669 g/mol. The second-order valence-corrected chi connectivity index (χ2v) is 12.8. The molecule has 0 fully saturated rings. The van der Waals surface area contributed by atoms with Crippen molar-refractivity contribution in [2.24, 2.45) is 0 Å². The maximum Gasteiger partial charge on any atom is 0.416 e. The van der Waals surface area contributed by atoms with Crippen LogP contribution in [0.4, 0.5) is 26.3 Å². The molecular formula is C29H19ClF6N4S3. The summed E-state index contributed by atoms with van der Waals surface area (Å²) in [6.07, 6.45) is -6.81. The molecule has 14 heteroatoms. The minimum atomic E-state index is -4.35. The quantitative estimate of drug-likeness (QED) is 0.107. The van der Waals surface area contributed by atoms with Crippen molar-refractivity contribution in [3.63, 3.8) is 0 Å². The van der Waals surface area contributed by atoms with Gasteiger partial charge in [0.05, 0.1) is 22.5 Å². The first kappa shape index (κ1) is 31.2. The number of thiophene rings is 2. The molecule has 6 aromatic rings. The van der Waals surface area contributed by atoms with Crippen LogP contribution in [0.15, 0.2) is 65.8 Å². The number of halogens is 7. The summed E-state index contributed by atoms with van der Waals surface area (Å²) in [6, 6.07) is 13.8. The molecule has 222 valence electrons. The summed E-state index contributed by atoms with van der Waals surface area (Å²) in [5.41, 5.74) is 1.11. The molecule has 0 aliphatic rings. The highest BCUT2D eigenvalue weighted by atomic mass is 35.5. The van der Waals surface area contributed by atoms with Gasteiger partial charge in [-0.25, -0.2) is 19.9 Å². The van der Waals surface area contributed by atoms with Crippen LogP contribution in [0.5, 0.6) is 0 Å². The predicted molar refractivity (Wildman–Crippen MR) is 162 cm³/mol. The molecule has 4 aromatic heterocycles. The van der Waals surface area contributed by atoms with Crippen molar-refractivity contribution >= 4 is 66.5 Å². The summed E-state index contributed by atoms with van der Waals surface area (Å²) >= 11 is 10.3. The Labute approximate surface area is 258 Å². The Balaban J connectivity index is 0.000000171. The number of aryl methyl sites for hydroxylation is 2. The number of hydrogen-bond donors (Lipinski definition) is 0. The highest BCUT2D eigenvalue weighted by molar-refractivity contribution is 7.98. The van der Waals surface area contributed by atoms with Gasteiger partial charge in [0, 0.05) is 31.7 Å². The third kappa shape index (κ3) is 6.95. The van der Waals surface area contributed by atoms with Crippen LogP contribution in [-0.2, 0) is 12.4 Å². The van der Waals surface area contributed by atoms with E-state index in [2.05, 4.69) is 19.9 Å². The van der Waals surface area contributed by atoms with Crippen LogP contribution in [0, 0.1) is 13.8 Å². The standard InChI is InChI=1S/C15H11F3N2S2.C14H8ClF3N2S/c1-8-7-11-12(19-14(21-2)20-13(11)22-8)9-3-5-10(6-4-9)15(16,17)18;1-7-6-10-11(19-13(15)20-12(10)21-7)8-2-4-9(5-3-8)14(16,17)18/h3-7H,1-2H3;2-6H,1H3. The lowest BCUT2D eigenvalue weighted by Gasteiger charge is -2.08. The molecule has 0 spiro atoms. The van der Waals surface area contributed by atoms with Gasteiger partial charge in [-0.05, 0) is 68.1 Å². The van der Waals surface area contributed by atoms with Crippen molar-refractivity contribution in [2.45, 2.75) is 31.4 Å². The van der Waals surface area contributed by atoms with Crippen molar-refractivity contribution in [1.29, 1.82) is 0 Å². The molecule has 0 amide bonds. The Hall–Kier alpha value is -3.26. The van der Waals surface area contributed by atoms with Crippen molar-refractivity contribution in [1.82, 2.24) is 19.9 Å². The number of hydrogen-bond acceptors (Lipinski definition) is 7. The molecule has 0 atom stereocenters. The molecule has 6 rings (SSSR count). The first-order valence-corrected chi connectivity index (χ1v) is 15.6.